The van der Waals surface area contributed by atoms with E-state index in [1.54, 1.807) is 30.3 Å². The molecule has 0 saturated carbocycles. The van der Waals surface area contributed by atoms with Crippen molar-refractivity contribution >= 4 is 28.5 Å². The molecule has 5 heteroatoms. The lowest BCUT2D eigenvalue weighted by atomic mass is 10.0. The molecule has 0 spiro atoms. The zero-order valence-electron chi connectivity index (χ0n) is 14.4. The minimum absolute atomic E-state index is 0.189. The van der Waals surface area contributed by atoms with E-state index in [2.05, 4.69) is 0 Å². The number of rotatable bonds is 3. The zero-order valence-corrected chi connectivity index (χ0v) is 15.2. The molecule has 0 atom stereocenters. The summed E-state index contributed by atoms with van der Waals surface area (Å²) in [7, 11) is 0. The lowest BCUT2D eigenvalue weighted by Gasteiger charge is -2.10. The second-order valence-corrected chi connectivity index (χ2v) is 6.70. The normalized spacial score (nSPS) is 11.1. The highest BCUT2D eigenvalue weighted by molar-refractivity contribution is 6.33. The minimum Gasteiger partial charge on any atom is -0.478 e. The first-order valence-corrected chi connectivity index (χ1v) is 8.74. The number of hydrogen-bond donors (Lipinski definition) is 1. The third-order valence-corrected chi connectivity index (χ3v) is 5.01. The van der Waals surface area contributed by atoms with Crippen LogP contribution in [0.25, 0.3) is 27.7 Å². The quantitative estimate of drug-likeness (QED) is 0.467. The summed E-state index contributed by atoms with van der Waals surface area (Å²) in [5, 5.41) is 10.9. The van der Waals surface area contributed by atoms with E-state index in [1.807, 2.05) is 35.8 Å². The van der Waals surface area contributed by atoms with Crippen LogP contribution >= 0.6 is 11.6 Å². The standard InChI is InChI=1S/C22H15ClFNO2/c1-13-21(17-4-2-3-5-19(17)23)18-11-6-14(22(26)27)12-20(18)25(13)16-9-7-15(24)8-10-16/h2-12H,1H3,(H,26,27). The molecular weight excluding hydrogens is 365 g/mol. The molecule has 0 aliphatic rings. The molecular formula is C22H15ClFNO2. The molecule has 1 aromatic heterocycles. The van der Waals surface area contributed by atoms with Crippen LogP contribution in [0.3, 0.4) is 0 Å². The van der Waals surface area contributed by atoms with Gasteiger partial charge in [0.05, 0.1) is 11.1 Å². The smallest absolute Gasteiger partial charge is 0.335 e. The molecule has 27 heavy (non-hydrogen) atoms. The first-order chi connectivity index (χ1) is 13.0. The van der Waals surface area contributed by atoms with Crippen molar-refractivity contribution in [3.8, 4) is 16.8 Å². The maximum atomic E-state index is 13.4. The van der Waals surface area contributed by atoms with Gasteiger partial charge in [-0.1, -0.05) is 35.9 Å². The molecule has 4 rings (SSSR count). The molecule has 0 amide bonds. The van der Waals surface area contributed by atoms with Crippen molar-refractivity contribution in [2.24, 2.45) is 0 Å². The maximum Gasteiger partial charge on any atom is 0.335 e. The van der Waals surface area contributed by atoms with E-state index >= 15 is 0 Å². The van der Waals surface area contributed by atoms with Crippen LogP contribution in [0.1, 0.15) is 16.1 Å². The van der Waals surface area contributed by atoms with Crippen molar-refractivity contribution < 1.29 is 14.3 Å². The zero-order chi connectivity index (χ0) is 19.1. The van der Waals surface area contributed by atoms with Gasteiger partial charge in [0.2, 0.25) is 0 Å². The van der Waals surface area contributed by atoms with E-state index in [-0.39, 0.29) is 11.4 Å². The van der Waals surface area contributed by atoms with Crippen LogP contribution in [-0.4, -0.2) is 15.6 Å². The molecule has 0 unspecified atom stereocenters. The maximum absolute atomic E-state index is 13.4. The van der Waals surface area contributed by atoms with Gasteiger partial charge in [-0.2, -0.15) is 0 Å². The molecule has 1 N–H and O–H groups in total. The molecule has 0 aliphatic carbocycles. The van der Waals surface area contributed by atoms with Crippen LogP contribution in [0.2, 0.25) is 5.02 Å². The molecule has 0 bridgehead atoms. The van der Waals surface area contributed by atoms with E-state index in [0.717, 1.165) is 33.4 Å². The molecule has 134 valence electrons. The molecule has 0 aliphatic heterocycles. The molecule has 1 heterocycles. The van der Waals surface area contributed by atoms with Gasteiger partial charge in [-0.3, -0.25) is 0 Å². The van der Waals surface area contributed by atoms with Crippen molar-refractivity contribution in [1.29, 1.82) is 0 Å². The second kappa shape index (κ2) is 6.56. The van der Waals surface area contributed by atoms with Gasteiger partial charge < -0.3 is 9.67 Å². The van der Waals surface area contributed by atoms with Gasteiger partial charge in [-0.15, -0.1) is 0 Å². The molecule has 3 aromatic carbocycles. The average molecular weight is 380 g/mol. The van der Waals surface area contributed by atoms with Gasteiger partial charge in [0.15, 0.2) is 0 Å². The average Bonchev–Trinajstić information content (AvgIpc) is 2.94. The summed E-state index contributed by atoms with van der Waals surface area (Å²) >= 11 is 6.44. The minimum atomic E-state index is -0.999. The van der Waals surface area contributed by atoms with Crippen LogP contribution in [-0.2, 0) is 0 Å². The van der Waals surface area contributed by atoms with Gasteiger partial charge in [0.25, 0.3) is 0 Å². The SMILES string of the molecule is Cc1c(-c2ccccc2Cl)c2ccc(C(=O)O)cc2n1-c1ccc(F)cc1. The van der Waals surface area contributed by atoms with Crippen molar-refractivity contribution in [2.75, 3.05) is 0 Å². The summed E-state index contributed by atoms with van der Waals surface area (Å²) in [5.74, 6) is -1.33. The van der Waals surface area contributed by atoms with Gasteiger partial charge in [-0.25, -0.2) is 9.18 Å². The van der Waals surface area contributed by atoms with Gasteiger partial charge in [0.1, 0.15) is 5.82 Å². The fourth-order valence-corrected chi connectivity index (χ4v) is 3.71. The number of carboxylic acids is 1. The van der Waals surface area contributed by atoms with Crippen molar-refractivity contribution in [2.45, 2.75) is 6.92 Å². The number of benzene rings is 3. The Morgan fingerprint density at radius 3 is 2.41 bits per heavy atom. The fraction of sp³-hybridized carbons (Fsp3) is 0.0455. The Balaban J connectivity index is 2.11. The fourth-order valence-electron chi connectivity index (χ4n) is 3.48. The number of aromatic nitrogens is 1. The topological polar surface area (TPSA) is 42.2 Å². The van der Waals surface area contributed by atoms with Gasteiger partial charge >= 0.3 is 5.97 Å². The Morgan fingerprint density at radius 2 is 1.74 bits per heavy atom. The Morgan fingerprint density at radius 1 is 1.04 bits per heavy atom. The lowest BCUT2D eigenvalue weighted by molar-refractivity contribution is 0.0697. The first kappa shape index (κ1) is 17.3. The third kappa shape index (κ3) is 2.88. The number of halogens is 2. The van der Waals surface area contributed by atoms with Gasteiger partial charge in [0, 0.05) is 32.9 Å². The Labute approximate surface area is 160 Å². The number of fused-ring (bicyclic) bond motifs is 1. The molecule has 0 saturated heterocycles. The number of carbonyl (C=O) groups is 1. The highest BCUT2D eigenvalue weighted by atomic mass is 35.5. The first-order valence-electron chi connectivity index (χ1n) is 8.36. The second-order valence-electron chi connectivity index (χ2n) is 6.29. The Bertz CT molecular complexity index is 1180. The van der Waals surface area contributed by atoms with Crippen LogP contribution in [0.4, 0.5) is 4.39 Å². The van der Waals surface area contributed by atoms with Gasteiger partial charge in [-0.05, 0) is 49.4 Å². The third-order valence-electron chi connectivity index (χ3n) is 4.68. The van der Waals surface area contributed by atoms with Crippen molar-refractivity contribution in [1.82, 2.24) is 4.57 Å². The molecule has 4 aromatic rings. The number of aromatic carboxylic acids is 1. The highest BCUT2D eigenvalue weighted by Crippen LogP contribution is 2.39. The van der Waals surface area contributed by atoms with Crippen LogP contribution in [0, 0.1) is 12.7 Å². The van der Waals surface area contributed by atoms with E-state index in [9.17, 15) is 14.3 Å². The van der Waals surface area contributed by atoms with E-state index in [0.29, 0.717) is 5.02 Å². The predicted octanol–water partition coefficient (Wildman–Crippen LogP) is 6.10. The largest absolute Gasteiger partial charge is 0.478 e. The van der Waals surface area contributed by atoms with Crippen molar-refractivity contribution in [3.63, 3.8) is 0 Å². The summed E-state index contributed by atoms with van der Waals surface area (Å²) in [5.41, 5.74) is 4.36. The summed E-state index contributed by atoms with van der Waals surface area (Å²) < 4.78 is 15.3. The summed E-state index contributed by atoms with van der Waals surface area (Å²) in [6, 6.07) is 18.7. The summed E-state index contributed by atoms with van der Waals surface area (Å²) in [4.78, 5) is 11.5. The number of nitrogens with zero attached hydrogens (tertiary/aromatic N) is 1. The Hall–Kier alpha value is -3.11. The van der Waals surface area contributed by atoms with E-state index in [1.165, 1.54) is 12.1 Å². The highest BCUT2D eigenvalue weighted by Gasteiger charge is 2.19. The summed E-state index contributed by atoms with van der Waals surface area (Å²) in [6.07, 6.45) is 0. The Kier molecular flexibility index (Phi) is 4.21. The lowest BCUT2D eigenvalue weighted by Crippen LogP contribution is -1.99. The predicted molar refractivity (Wildman–Crippen MR) is 105 cm³/mol. The van der Waals surface area contributed by atoms with Crippen molar-refractivity contribution in [3.05, 3.63) is 88.8 Å². The van der Waals surface area contributed by atoms with E-state index in [4.69, 9.17) is 11.6 Å². The van der Waals surface area contributed by atoms with Crippen LogP contribution < -0.4 is 0 Å². The monoisotopic (exact) mass is 379 g/mol. The summed E-state index contributed by atoms with van der Waals surface area (Å²) in [6.45, 7) is 1.95. The van der Waals surface area contributed by atoms with E-state index < -0.39 is 5.97 Å². The number of carboxylic acid groups (broad SMARTS) is 1. The van der Waals surface area contributed by atoms with Crippen LogP contribution in [0.15, 0.2) is 66.7 Å². The molecule has 0 radical (unpaired) electrons. The number of hydrogen-bond acceptors (Lipinski definition) is 1. The van der Waals surface area contributed by atoms with Crippen LogP contribution in [0.5, 0.6) is 0 Å². The molecule has 0 fully saturated rings. The molecule has 3 nitrogen and oxygen atoms in total.